The lowest BCUT2D eigenvalue weighted by molar-refractivity contribution is 0.440. The fraction of sp³-hybridized carbons (Fsp3) is 0.429. The van der Waals surface area contributed by atoms with Crippen molar-refractivity contribution in [3.05, 3.63) is 29.9 Å². The van der Waals surface area contributed by atoms with Gasteiger partial charge in [0.05, 0.1) is 16.3 Å². The Morgan fingerprint density at radius 3 is 3.00 bits per heavy atom. The van der Waals surface area contributed by atoms with Gasteiger partial charge in [0.2, 0.25) is 10.0 Å². The second kappa shape index (κ2) is 6.72. The number of anilines is 1. The van der Waals surface area contributed by atoms with Gasteiger partial charge in [-0.3, -0.25) is 0 Å². The summed E-state index contributed by atoms with van der Waals surface area (Å²) in [7, 11) is -2.99. The van der Waals surface area contributed by atoms with Crippen molar-refractivity contribution in [2.45, 2.75) is 12.8 Å². The average Bonchev–Trinajstić information content (AvgIpc) is 3.14. The van der Waals surface area contributed by atoms with Crippen LogP contribution in [0.15, 0.2) is 29.9 Å². The van der Waals surface area contributed by atoms with E-state index in [-0.39, 0.29) is 5.75 Å². The van der Waals surface area contributed by atoms with Crippen LogP contribution in [-0.2, 0) is 10.0 Å². The van der Waals surface area contributed by atoms with Gasteiger partial charge in [0, 0.05) is 25.7 Å². The molecule has 1 saturated heterocycles. The van der Waals surface area contributed by atoms with Crippen LogP contribution < -0.4 is 5.32 Å². The van der Waals surface area contributed by atoms with E-state index in [4.69, 9.17) is 0 Å². The van der Waals surface area contributed by atoms with Crippen molar-refractivity contribution in [3.63, 3.8) is 0 Å². The highest BCUT2D eigenvalue weighted by Gasteiger charge is 2.27. The van der Waals surface area contributed by atoms with Crippen molar-refractivity contribution in [2.24, 2.45) is 0 Å². The van der Waals surface area contributed by atoms with Gasteiger partial charge in [-0.1, -0.05) is 6.07 Å². The molecule has 0 atom stereocenters. The molecule has 0 bridgehead atoms. The molecule has 3 rings (SSSR count). The lowest BCUT2D eigenvalue weighted by atomic mass is 10.3. The van der Waals surface area contributed by atoms with E-state index in [2.05, 4.69) is 15.3 Å². The largest absolute Gasteiger partial charge is 0.370 e. The molecular weight excluding hydrogens is 320 g/mol. The van der Waals surface area contributed by atoms with Crippen LogP contribution in [0.4, 0.5) is 5.82 Å². The summed E-state index contributed by atoms with van der Waals surface area (Å²) in [6.45, 7) is 1.91. The maximum absolute atomic E-state index is 11.7. The SMILES string of the molecule is O=S1(=O)CCCN1CCCNc1cc(-c2cccs2)ncn1. The van der Waals surface area contributed by atoms with Crippen molar-refractivity contribution in [2.75, 3.05) is 30.7 Å². The van der Waals surface area contributed by atoms with Crippen LogP contribution in [0, 0.1) is 0 Å². The topological polar surface area (TPSA) is 75.2 Å². The Morgan fingerprint density at radius 2 is 2.27 bits per heavy atom. The summed E-state index contributed by atoms with van der Waals surface area (Å²) in [4.78, 5) is 9.57. The lowest BCUT2D eigenvalue weighted by Gasteiger charge is -2.14. The van der Waals surface area contributed by atoms with E-state index in [1.54, 1.807) is 22.0 Å². The average molecular weight is 338 g/mol. The zero-order valence-corrected chi connectivity index (χ0v) is 13.7. The molecule has 8 heteroatoms. The van der Waals surface area contributed by atoms with Crippen molar-refractivity contribution in [3.8, 4) is 10.6 Å². The molecule has 118 valence electrons. The Balaban J connectivity index is 1.51. The molecule has 0 radical (unpaired) electrons. The molecule has 0 spiro atoms. The molecule has 1 aliphatic heterocycles. The second-order valence-electron chi connectivity index (χ2n) is 5.11. The third kappa shape index (κ3) is 3.63. The van der Waals surface area contributed by atoms with E-state index < -0.39 is 10.0 Å². The van der Waals surface area contributed by atoms with E-state index in [9.17, 15) is 8.42 Å². The number of nitrogens with zero attached hydrogens (tertiary/aromatic N) is 3. The van der Waals surface area contributed by atoms with Gasteiger partial charge in [-0.05, 0) is 24.3 Å². The molecule has 0 aromatic carbocycles. The fourth-order valence-electron chi connectivity index (χ4n) is 2.43. The van der Waals surface area contributed by atoms with Gasteiger partial charge in [0.25, 0.3) is 0 Å². The Hall–Kier alpha value is -1.51. The summed E-state index contributed by atoms with van der Waals surface area (Å²) in [5.74, 6) is 1.05. The first-order chi connectivity index (χ1) is 10.6. The third-order valence-electron chi connectivity index (χ3n) is 3.53. The number of hydrogen-bond acceptors (Lipinski definition) is 6. The van der Waals surface area contributed by atoms with Gasteiger partial charge in [-0.25, -0.2) is 22.7 Å². The second-order valence-corrected chi connectivity index (χ2v) is 8.15. The predicted molar refractivity (Wildman–Crippen MR) is 88.4 cm³/mol. The van der Waals surface area contributed by atoms with Crippen LogP contribution in [0.3, 0.4) is 0 Å². The van der Waals surface area contributed by atoms with Crippen molar-refractivity contribution in [1.82, 2.24) is 14.3 Å². The summed E-state index contributed by atoms with van der Waals surface area (Å²) >= 11 is 1.64. The van der Waals surface area contributed by atoms with Gasteiger partial charge < -0.3 is 5.32 Å². The van der Waals surface area contributed by atoms with Gasteiger partial charge in [0.15, 0.2) is 0 Å². The van der Waals surface area contributed by atoms with Crippen LogP contribution in [0.5, 0.6) is 0 Å². The maximum Gasteiger partial charge on any atom is 0.214 e. The standard InChI is InChI=1S/C14H18N4O2S2/c19-22(20)9-3-7-18(22)6-2-5-15-14-10-12(16-11-17-14)13-4-1-8-21-13/h1,4,8,10-11H,2-3,5-7,9H2,(H,15,16,17). The number of sulfonamides is 1. The van der Waals surface area contributed by atoms with Crippen LogP contribution in [0.2, 0.25) is 0 Å². The van der Waals surface area contributed by atoms with Gasteiger partial charge in [-0.15, -0.1) is 11.3 Å². The molecule has 3 heterocycles. The smallest absolute Gasteiger partial charge is 0.214 e. The van der Waals surface area contributed by atoms with E-state index in [0.717, 1.165) is 29.2 Å². The molecule has 6 nitrogen and oxygen atoms in total. The molecule has 0 aliphatic carbocycles. The summed E-state index contributed by atoms with van der Waals surface area (Å²) in [5.41, 5.74) is 0.898. The summed E-state index contributed by atoms with van der Waals surface area (Å²) in [6.07, 6.45) is 3.05. The van der Waals surface area contributed by atoms with Gasteiger partial charge in [0.1, 0.15) is 12.1 Å². The Bertz CT molecular complexity index is 716. The monoisotopic (exact) mass is 338 g/mol. The molecule has 1 fully saturated rings. The summed E-state index contributed by atoms with van der Waals surface area (Å²) < 4.78 is 25.0. The number of aromatic nitrogens is 2. The highest BCUT2D eigenvalue weighted by atomic mass is 32.2. The Morgan fingerprint density at radius 1 is 1.36 bits per heavy atom. The fourth-order valence-corrected chi connectivity index (χ4v) is 4.69. The molecule has 1 aliphatic rings. The van der Waals surface area contributed by atoms with E-state index in [1.165, 1.54) is 0 Å². The molecule has 2 aromatic rings. The van der Waals surface area contributed by atoms with Crippen LogP contribution in [0.1, 0.15) is 12.8 Å². The molecule has 0 amide bonds. The summed E-state index contributed by atoms with van der Waals surface area (Å²) in [6, 6.07) is 5.93. The van der Waals surface area contributed by atoms with Gasteiger partial charge in [-0.2, -0.15) is 0 Å². The zero-order chi connectivity index (χ0) is 15.4. The highest BCUT2D eigenvalue weighted by molar-refractivity contribution is 7.89. The Kier molecular flexibility index (Phi) is 4.70. The highest BCUT2D eigenvalue weighted by Crippen LogP contribution is 2.23. The lowest BCUT2D eigenvalue weighted by Crippen LogP contribution is -2.28. The number of rotatable bonds is 6. The predicted octanol–water partition coefficient (Wildman–Crippen LogP) is 2.04. The van der Waals surface area contributed by atoms with E-state index >= 15 is 0 Å². The maximum atomic E-state index is 11.7. The van der Waals surface area contributed by atoms with E-state index in [1.807, 2.05) is 23.6 Å². The molecule has 0 unspecified atom stereocenters. The van der Waals surface area contributed by atoms with Crippen molar-refractivity contribution in [1.29, 1.82) is 0 Å². The molecule has 22 heavy (non-hydrogen) atoms. The van der Waals surface area contributed by atoms with Crippen LogP contribution in [-0.4, -0.2) is 48.1 Å². The number of nitrogens with one attached hydrogen (secondary N) is 1. The zero-order valence-electron chi connectivity index (χ0n) is 12.1. The molecular formula is C14H18N4O2S2. The quantitative estimate of drug-likeness (QED) is 0.816. The Labute approximate surface area is 134 Å². The van der Waals surface area contributed by atoms with Crippen LogP contribution in [0.25, 0.3) is 10.6 Å². The minimum Gasteiger partial charge on any atom is -0.370 e. The molecule has 2 aromatic heterocycles. The third-order valence-corrected chi connectivity index (χ3v) is 6.38. The van der Waals surface area contributed by atoms with E-state index in [0.29, 0.717) is 19.6 Å². The molecule has 0 saturated carbocycles. The van der Waals surface area contributed by atoms with Crippen molar-refractivity contribution >= 4 is 27.2 Å². The number of hydrogen-bond donors (Lipinski definition) is 1. The number of thiophene rings is 1. The first kappa shape index (κ1) is 15.4. The minimum atomic E-state index is -2.99. The normalized spacial score (nSPS) is 17.6. The summed E-state index contributed by atoms with van der Waals surface area (Å²) in [5, 5.41) is 5.25. The van der Waals surface area contributed by atoms with Gasteiger partial charge >= 0.3 is 0 Å². The van der Waals surface area contributed by atoms with Crippen molar-refractivity contribution < 1.29 is 8.42 Å². The first-order valence-corrected chi connectivity index (χ1v) is 9.72. The van der Waals surface area contributed by atoms with Crippen LogP contribution >= 0.6 is 11.3 Å². The molecule has 1 N–H and O–H groups in total. The minimum absolute atomic E-state index is 0.288. The first-order valence-electron chi connectivity index (χ1n) is 7.23.